The first-order valence-corrected chi connectivity index (χ1v) is 0. The second kappa shape index (κ2) is 672. The van der Waals surface area contributed by atoms with E-state index in [0.29, 0.717) is 0 Å². The van der Waals surface area contributed by atoms with Gasteiger partial charge < -0.3 is 28.2 Å². The third kappa shape index (κ3) is 424. The van der Waals surface area contributed by atoms with Gasteiger partial charge in [-0.15, -0.1) is 0 Å². The first-order chi connectivity index (χ1) is 0. The van der Waals surface area contributed by atoms with Gasteiger partial charge in [-0.25, -0.2) is 0 Å². The van der Waals surface area contributed by atoms with Crippen molar-refractivity contribution < 1.29 is 47.1 Å². The molecule has 8 heteroatoms. The molecule has 0 saturated carbocycles. The summed E-state index contributed by atoms with van der Waals surface area (Å²) in [6.07, 6.45) is 0. The van der Waals surface area contributed by atoms with E-state index in [1.54, 1.807) is 0 Å². The van der Waals surface area contributed by atoms with E-state index in [2.05, 4.69) is 0 Å². The maximum atomic E-state index is 0. The molecule has 0 aromatic rings. The average molecular weight is 194 g/mol. The van der Waals surface area contributed by atoms with Crippen LogP contribution < -0.4 is 47.1 Å². The molecular formula is F6GeLi-. The molecule has 0 unspecified atom stereocenters. The normalized spacial score (nSPS) is 0. The maximum Gasteiger partial charge on any atom is 4.00 e. The molecule has 0 nitrogen and oxygen atoms in total. The first kappa shape index (κ1) is 1000. The van der Waals surface area contributed by atoms with Crippen LogP contribution in [0.25, 0.3) is 0 Å². The fraction of sp³-hybridized carbons (Fsp3) is 0. The minimum absolute atomic E-state index is 0. The van der Waals surface area contributed by atoms with Gasteiger partial charge in [0.15, 0.2) is 0 Å². The van der Waals surface area contributed by atoms with Gasteiger partial charge in [0.2, 0.25) is 0 Å². The molecule has 0 bridgehead atoms. The topological polar surface area (TPSA) is 0 Å². The Morgan fingerprint density at radius 2 is 0.375 bits per heavy atom. The summed E-state index contributed by atoms with van der Waals surface area (Å²) in [5.41, 5.74) is 0. The van der Waals surface area contributed by atoms with Crippen LogP contribution in [0.3, 0.4) is 0 Å². The van der Waals surface area contributed by atoms with Crippen molar-refractivity contribution in [3.05, 3.63) is 0 Å². The number of hydrogen-bond donors (Lipinski definition) is 0. The van der Waals surface area contributed by atoms with E-state index in [0.717, 1.165) is 0 Å². The molecule has 0 atom stereocenters. The van der Waals surface area contributed by atoms with E-state index in [9.17, 15) is 0 Å². The number of halogens is 6. The molecule has 0 saturated heterocycles. The van der Waals surface area contributed by atoms with Gasteiger partial charge in [0.25, 0.3) is 0 Å². The Labute approximate surface area is 65.1 Å². The molecule has 0 aliphatic heterocycles. The quantitative estimate of drug-likeness (QED) is 0.265. The van der Waals surface area contributed by atoms with E-state index in [4.69, 9.17) is 0 Å². The smallest absolute Gasteiger partial charge is 1.00 e. The second-order valence-electron chi connectivity index (χ2n) is 0. The van der Waals surface area contributed by atoms with Gasteiger partial charge >= 0.3 is 36.5 Å². The van der Waals surface area contributed by atoms with Crippen LogP contribution in [0.2, 0.25) is 0 Å². The van der Waals surface area contributed by atoms with Crippen molar-refractivity contribution in [1.29, 1.82) is 0 Å². The third-order valence-corrected chi connectivity index (χ3v) is 0. The molecule has 0 amide bonds. The maximum absolute atomic E-state index is 0. The van der Waals surface area contributed by atoms with Crippen molar-refractivity contribution in [3.8, 4) is 0 Å². The molecule has 0 aromatic carbocycles. The summed E-state index contributed by atoms with van der Waals surface area (Å²) in [5.74, 6) is 0. The second-order valence-corrected chi connectivity index (χ2v) is 0. The largest absolute Gasteiger partial charge is 4.00 e. The van der Waals surface area contributed by atoms with E-state index in [1.165, 1.54) is 0 Å². The molecule has 8 heavy (non-hydrogen) atoms. The zero-order valence-electron chi connectivity index (χ0n) is 3.77. The average Bonchev–Trinajstić information content (AvgIpc) is 0. The summed E-state index contributed by atoms with van der Waals surface area (Å²) >= 11 is 0. The van der Waals surface area contributed by atoms with E-state index in [1.807, 2.05) is 0 Å². The molecule has 0 aliphatic rings. The Kier molecular flexibility index (Phi) is 84200. The van der Waals surface area contributed by atoms with Gasteiger partial charge in [0, 0.05) is 0 Å². The van der Waals surface area contributed by atoms with Crippen LogP contribution in [0.5, 0.6) is 0 Å². The molecule has 0 aromatic heterocycles. The Morgan fingerprint density at radius 3 is 0.375 bits per heavy atom. The SMILES string of the molecule is [F-].[F-].[F-].[F-].[F-].[F-].[Ge+4].[Li+]. The van der Waals surface area contributed by atoms with Crippen molar-refractivity contribution in [2.75, 3.05) is 0 Å². The summed E-state index contributed by atoms with van der Waals surface area (Å²) in [5, 5.41) is 0. The molecule has 0 fully saturated rings. The van der Waals surface area contributed by atoms with Gasteiger partial charge in [-0.2, -0.15) is 0 Å². The van der Waals surface area contributed by atoms with E-state index >= 15 is 0 Å². The summed E-state index contributed by atoms with van der Waals surface area (Å²) in [7, 11) is 0. The zero-order valence-corrected chi connectivity index (χ0v) is 5.87. The van der Waals surface area contributed by atoms with Gasteiger partial charge in [0.05, 0.1) is 0 Å². The monoisotopic (exact) mass is 195 g/mol. The number of rotatable bonds is 0. The van der Waals surface area contributed by atoms with Crippen LogP contribution in [0, 0.1) is 0 Å². The molecule has 0 aliphatic carbocycles. The van der Waals surface area contributed by atoms with Crippen LogP contribution >= 0.6 is 0 Å². The fourth-order valence-corrected chi connectivity index (χ4v) is 0. The molecule has 0 spiro atoms. The summed E-state index contributed by atoms with van der Waals surface area (Å²) in [6.45, 7) is 0. The van der Waals surface area contributed by atoms with Crippen LogP contribution in [-0.2, 0) is 0 Å². The van der Waals surface area contributed by atoms with Crippen molar-refractivity contribution in [2.24, 2.45) is 0 Å². The number of hydrogen-bond acceptors (Lipinski definition) is 0. The summed E-state index contributed by atoms with van der Waals surface area (Å²) < 4.78 is 0. The van der Waals surface area contributed by atoms with Crippen LogP contribution in [-0.4, -0.2) is 17.6 Å². The standard InChI is InChI=1S/6FH.Ge.Li/h6*1H;;/q;;;;;;+4;+1/p-6. The first-order valence-electron chi connectivity index (χ1n) is 0. The van der Waals surface area contributed by atoms with Gasteiger partial charge in [-0.1, -0.05) is 0 Å². The fourth-order valence-electron chi connectivity index (χ4n) is 0. The van der Waals surface area contributed by atoms with Crippen LogP contribution in [0.15, 0.2) is 0 Å². The Bertz CT molecular complexity index is 8.49. The Hall–Kier alpha value is 0.720. The predicted octanol–water partition coefficient (Wildman–Crippen LogP) is -21.4. The molecule has 0 N–H and O–H groups in total. The summed E-state index contributed by atoms with van der Waals surface area (Å²) in [6, 6.07) is 0. The molecule has 0 rings (SSSR count). The van der Waals surface area contributed by atoms with E-state index in [-0.39, 0.29) is 64.7 Å². The van der Waals surface area contributed by atoms with Crippen molar-refractivity contribution in [3.63, 3.8) is 0 Å². The van der Waals surface area contributed by atoms with Crippen molar-refractivity contribution in [2.45, 2.75) is 0 Å². The molecular weight excluding hydrogens is 194 g/mol. The molecule has 48 valence electrons. The van der Waals surface area contributed by atoms with E-state index < -0.39 is 0 Å². The van der Waals surface area contributed by atoms with Gasteiger partial charge in [-0.3, -0.25) is 0 Å². The van der Waals surface area contributed by atoms with Crippen LogP contribution in [0.1, 0.15) is 0 Å². The van der Waals surface area contributed by atoms with Crippen molar-refractivity contribution >= 4 is 17.6 Å². The third-order valence-electron chi connectivity index (χ3n) is 0. The predicted molar refractivity (Wildman–Crippen MR) is 5.75 cm³/mol. The minimum Gasteiger partial charge on any atom is -1.00 e. The van der Waals surface area contributed by atoms with Gasteiger partial charge in [-0.05, 0) is 0 Å². The minimum atomic E-state index is 0. The Balaban J connectivity index is 0. The summed E-state index contributed by atoms with van der Waals surface area (Å²) in [4.78, 5) is 0. The molecule has 0 radical (unpaired) electrons. The van der Waals surface area contributed by atoms with Crippen molar-refractivity contribution in [1.82, 2.24) is 0 Å². The zero-order chi connectivity index (χ0) is 0. The van der Waals surface area contributed by atoms with Gasteiger partial charge in [0.1, 0.15) is 0 Å². The molecule has 0 heterocycles. The van der Waals surface area contributed by atoms with Crippen LogP contribution in [0.4, 0.5) is 0 Å². The Morgan fingerprint density at radius 1 is 0.375 bits per heavy atom.